The summed E-state index contributed by atoms with van der Waals surface area (Å²) >= 11 is 3.46. The van der Waals surface area contributed by atoms with Gasteiger partial charge >= 0.3 is 0 Å². The molecule has 0 amide bonds. The van der Waals surface area contributed by atoms with Crippen LogP contribution >= 0.6 is 15.9 Å². The fourth-order valence-corrected chi connectivity index (χ4v) is 2.87. The van der Waals surface area contributed by atoms with Crippen LogP contribution in [0.5, 0.6) is 0 Å². The summed E-state index contributed by atoms with van der Waals surface area (Å²) in [6.45, 7) is 3.99. The Bertz CT molecular complexity index is 678. The number of rotatable bonds is 4. The third-order valence-corrected chi connectivity index (χ3v) is 3.64. The van der Waals surface area contributed by atoms with Gasteiger partial charge in [0, 0.05) is 40.7 Å². The van der Waals surface area contributed by atoms with Gasteiger partial charge in [0.15, 0.2) is 0 Å². The molecule has 0 aliphatic heterocycles. The van der Waals surface area contributed by atoms with E-state index in [-0.39, 0.29) is 5.69 Å². The first-order chi connectivity index (χ1) is 9.90. The summed E-state index contributed by atoms with van der Waals surface area (Å²) in [5.74, 6) is 0. The molecule has 2 N–H and O–H groups in total. The lowest BCUT2D eigenvalue weighted by molar-refractivity contribution is -0.384. The minimum atomic E-state index is -0.396. The lowest BCUT2D eigenvalue weighted by Crippen LogP contribution is -1.99. The van der Waals surface area contributed by atoms with Gasteiger partial charge < -0.3 is 10.6 Å². The molecule has 2 aromatic carbocycles. The number of anilines is 3. The van der Waals surface area contributed by atoms with Crippen molar-refractivity contribution in [3.8, 4) is 0 Å². The monoisotopic (exact) mass is 349 g/mol. The van der Waals surface area contributed by atoms with Gasteiger partial charge in [0.1, 0.15) is 0 Å². The summed E-state index contributed by atoms with van der Waals surface area (Å²) in [6.07, 6.45) is 0. The molecule has 0 unspecified atom stereocenters. The highest BCUT2D eigenvalue weighted by Gasteiger charge is 2.11. The first-order valence-corrected chi connectivity index (χ1v) is 7.21. The zero-order valence-corrected chi connectivity index (χ0v) is 13.6. The average Bonchev–Trinajstić information content (AvgIpc) is 2.42. The van der Waals surface area contributed by atoms with Gasteiger partial charge in [0.2, 0.25) is 0 Å². The van der Waals surface area contributed by atoms with Crippen molar-refractivity contribution in [1.82, 2.24) is 0 Å². The van der Waals surface area contributed by atoms with Crippen LogP contribution in [0.4, 0.5) is 22.7 Å². The van der Waals surface area contributed by atoms with Gasteiger partial charge in [0.05, 0.1) is 4.92 Å². The Morgan fingerprint density at radius 3 is 2.14 bits per heavy atom. The van der Waals surface area contributed by atoms with Crippen LogP contribution in [0.1, 0.15) is 11.1 Å². The second-order valence-corrected chi connectivity index (χ2v) is 5.73. The first-order valence-electron chi connectivity index (χ1n) is 6.41. The zero-order chi connectivity index (χ0) is 15.6. The van der Waals surface area contributed by atoms with Crippen LogP contribution in [-0.2, 0) is 0 Å². The van der Waals surface area contributed by atoms with E-state index in [0.717, 1.165) is 21.3 Å². The van der Waals surface area contributed by atoms with E-state index in [9.17, 15) is 10.1 Å². The predicted octanol–water partition coefficient (Wildman–Crippen LogP) is 4.76. The lowest BCUT2D eigenvalue weighted by atomic mass is 10.1. The quantitative estimate of drug-likeness (QED) is 0.616. The Morgan fingerprint density at radius 1 is 1.05 bits per heavy atom. The maximum Gasteiger partial charge on any atom is 0.273 e. The Kier molecular flexibility index (Phi) is 4.47. The van der Waals surface area contributed by atoms with E-state index in [1.165, 1.54) is 12.1 Å². The summed E-state index contributed by atoms with van der Waals surface area (Å²) in [4.78, 5) is 10.6. The second-order valence-electron chi connectivity index (χ2n) is 4.82. The maximum atomic E-state index is 11.0. The van der Waals surface area contributed by atoms with Gasteiger partial charge in [-0.15, -0.1) is 0 Å². The molecular formula is C15H16BrN3O2. The van der Waals surface area contributed by atoms with Crippen LogP contribution in [0.3, 0.4) is 0 Å². The van der Waals surface area contributed by atoms with E-state index in [1.807, 2.05) is 32.0 Å². The number of nitrogens with zero attached hydrogens (tertiary/aromatic N) is 1. The SMILES string of the molecule is CNc1cc(Nc2c(C)cc(Br)cc2C)cc([N+](=O)[O-])c1. The number of hydrogen-bond donors (Lipinski definition) is 2. The molecule has 2 aromatic rings. The average molecular weight is 350 g/mol. The number of nitro groups is 1. The van der Waals surface area contributed by atoms with E-state index in [0.29, 0.717) is 11.4 Å². The van der Waals surface area contributed by atoms with Crippen LogP contribution in [-0.4, -0.2) is 12.0 Å². The lowest BCUT2D eigenvalue weighted by Gasteiger charge is -2.14. The van der Waals surface area contributed by atoms with Crippen molar-refractivity contribution >= 4 is 38.7 Å². The maximum absolute atomic E-state index is 11.0. The molecule has 6 heteroatoms. The predicted molar refractivity (Wildman–Crippen MR) is 89.5 cm³/mol. The van der Waals surface area contributed by atoms with Crippen molar-refractivity contribution in [2.45, 2.75) is 13.8 Å². The van der Waals surface area contributed by atoms with Crippen molar-refractivity contribution in [3.05, 3.63) is 56.0 Å². The largest absolute Gasteiger partial charge is 0.388 e. The molecule has 21 heavy (non-hydrogen) atoms. The summed E-state index contributed by atoms with van der Waals surface area (Å²) in [5, 5.41) is 17.2. The van der Waals surface area contributed by atoms with E-state index in [4.69, 9.17) is 0 Å². The minimum Gasteiger partial charge on any atom is -0.388 e. The van der Waals surface area contributed by atoms with Crippen LogP contribution in [0.25, 0.3) is 0 Å². The van der Waals surface area contributed by atoms with E-state index < -0.39 is 4.92 Å². The van der Waals surface area contributed by atoms with E-state index in [2.05, 4.69) is 26.6 Å². The van der Waals surface area contributed by atoms with Gasteiger partial charge in [-0.25, -0.2) is 0 Å². The number of halogens is 1. The molecule has 110 valence electrons. The van der Waals surface area contributed by atoms with Gasteiger partial charge in [0.25, 0.3) is 5.69 Å². The fraction of sp³-hybridized carbons (Fsp3) is 0.200. The van der Waals surface area contributed by atoms with Crippen molar-refractivity contribution in [1.29, 1.82) is 0 Å². The smallest absolute Gasteiger partial charge is 0.273 e. The molecule has 5 nitrogen and oxygen atoms in total. The number of nitrogens with one attached hydrogen (secondary N) is 2. The summed E-state index contributed by atoms with van der Waals surface area (Å²) in [6, 6.07) is 8.89. The number of hydrogen-bond acceptors (Lipinski definition) is 4. The van der Waals surface area contributed by atoms with Crippen molar-refractivity contribution in [2.24, 2.45) is 0 Å². The molecule has 0 spiro atoms. The van der Waals surface area contributed by atoms with Crippen molar-refractivity contribution < 1.29 is 4.92 Å². The zero-order valence-electron chi connectivity index (χ0n) is 12.0. The topological polar surface area (TPSA) is 67.2 Å². The number of non-ortho nitro benzene ring substituents is 1. The number of aryl methyl sites for hydroxylation is 2. The van der Waals surface area contributed by atoms with Gasteiger partial charge in [-0.3, -0.25) is 10.1 Å². The Morgan fingerprint density at radius 2 is 1.62 bits per heavy atom. The summed E-state index contributed by atoms with van der Waals surface area (Å²) in [5.41, 5.74) is 4.53. The Labute approximate surface area is 131 Å². The summed E-state index contributed by atoms with van der Waals surface area (Å²) < 4.78 is 1.01. The van der Waals surface area contributed by atoms with Gasteiger partial charge in [-0.05, 0) is 43.2 Å². The molecule has 0 radical (unpaired) electrons. The third-order valence-electron chi connectivity index (χ3n) is 3.18. The molecule has 0 saturated heterocycles. The highest BCUT2D eigenvalue weighted by Crippen LogP contribution is 2.31. The van der Waals surface area contributed by atoms with Crippen molar-refractivity contribution in [2.75, 3.05) is 17.7 Å². The van der Waals surface area contributed by atoms with E-state index in [1.54, 1.807) is 7.05 Å². The standard InChI is InChI=1S/C15H16BrN3O2/c1-9-4-11(16)5-10(2)15(9)18-13-6-12(17-3)7-14(8-13)19(20)21/h4-8,17-18H,1-3H3. The van der Waals surface area contributed by atoms with Crippen LogP contribution < -0.4 is 10.6 Å². The molecule has 0 atom stereocenters. The van der Waals surface area contributed by atoms with Gasteiger partial charge in [-0.2, -0.15) is 0 Å². The van der Waals surface area contributed by atoms with Gasteiger partial charge in [-0.1, -0.05) is 15.9 Å². The normalized spacial score (nSPS) is 10.3. The number of benzene rings is 2. The Balaban J connectivity index is 2.44. The minimum absolute atomic E-state index is 0.0526. The van der Waals surface area contributed by atoms with Crippen LogP contribution in [0, 0.1) is 24.0 Å². The molecule has 0 aromatic heterocycles. The Hall–Kier alpha value is -2.08. The molecule has 0 aliphatic carbocycles. The highest BCUT2D eigenvalue weighted by atomic mass is 79.9. The first kappa shape index (κ1) is 15.3. The highest BCUT2D eigenvalue weighted by molar-refractivity contribution is 9.10. The van der Waals surface area contributed by atoms with E-state index >= 15 is 0 Å². The molecule has 0 bridgehead atoms. The third kappa shape index (κ3) is 3.52. The second kappa shape index (κ2) is 6.13. The molecule has 2 rings (SSSR count). The summed E-state index contributed by atoms with van der Waals surface area (Å²) in [7, 11) is 1.74. The van der Waals surface area contributed by atoms with Crippen molar-refractivity contribution in [3.63, 3.8) is 0 Å². The van der Waals surface area contributed by atoms with Crippen LogP contribution in [0.2, 0.25) is 0 Å². The molecule has 0 saturated carbocycles. The number of nitro benzene ring substituents is 1. The fourth-order valence-electron chi connectivity index (χ4n) is 2.19. The van der Waals surface area contributed by atoms with Crippen LogP contribution in [0.15, 0.2) is 34.8 Å². The molecular weight excluding hydrogens is 334 g/mol. The molecule has 0 fully saturated rings. The molecule has 0 aliphatic rings. The molecule has 0 heterocycles.